The largest absolute Gasteiger partial charge is 0.441 e. The van der Waals surface area contributed by atoms with Crippen LogP contribution in [0.15, 0.2) is 53.1 Å². The van der Waals surface area contributed by atoms with Crippen LogP contribution >= 0.6 is 0 Å². The minimum Gasteiger partial charge on any atom is -0.441 e. The molecular formula is C21H20F2N4O3. The number of carbonyl (C=O) groups excluding carboxylic acids is 2. The van der Waals surface area contributed by atoms with Crippen molar-refractivity contribution in [1.29, 1.82) is 0 Å². The van der Waals surface area contributed by atoms with E-state index >= 15 is 0 Å². The fourth-order valence-electron chi connectivity index (χ4n) is 2.65. The molecule has 2 aromatic carbocycles. The van der Waals surface area contributed by atoms with Crippen LogP contribution in [0.25, 0.3) is 11.3 Å². The molecule has 0 aliphatic heterocycles. The van der Waals surface area contributed by atoms with Crippen molar-refractivity contribution < 1.29 is 22.8 Å². The highest BCUT2D eigenvalue weighted by atomic mass is 19.1. The first kappa shape index (κ1) is 21.0. The van der Waals surface area contributed by atoms with Gasteiger partial charge in [0.25, 0.3) is 5.91 Å². The van der Waals surface area contributed by atoms with Gasteiger partial charge in [0.15, 0.2) is 11.7 Å². The lowest BCUT2D eigenvalue weighted by Gasteiger charge is -2.13. The number of nitrogens with one attached hydrogen (secondary N) is 2. The smallest absolute Gasteiger partial charge is 0.269 e. The summed E-state index contributed by atoms with van der Waals surface area (Å²) in [5.74, 6) is -2.00. The third-order valence-corrected chi connectivity index (χ3v) is 4.26. The maximum atomic E-state index is 13.8. The van der Waals surface area contributed by atoms with Gasteiger partial charge in [-0.3, -0.25) is 20.4 Å². The molecule has 0 spiro atoms. The predicted molar refractivity (Wildman–Crippen MR) is 107 cm³/mol. The summed E-state index contributed by atoms with van der Waals surface area (Å²) in [4.78, 5) is 30.0. The van der Waals surface area contributed by atoms with Crippen LogP contribution in [-0.2, 0) is 11.2 Å². The van der Waals surface area contributed by atoms with Gasteiger partial charge in [0, 0.05) is 44.3 Å². The minimum absolute atomic E-state index is 0.0100. The number of benzene rings is 2. The lowest BCUT2D eigenvalue weighted by Crippen LogP contribution is -2.41. The summed E-state index contributed by atoms with van der Waals surface area (Å²) < 4.78 is 32.2. The number of rotatable bonds is 6. The average molecular weight is 414 g/mol. The van der Waals surface area contributed by atoms with Crippen LogP contribution in [0.2, 0.25) is 0 Å². The zero-order chi connectivity index (χ0) is 21.7. The number of carbonyl (C=O) groups is 2. The predicted octanol–water partition coefficient (Wildman–Crippen LogP) is 3.08. The van der Waals surface area contributed by atoms with E-state index in [9.17, 15) is 18.4 Å². The minimum atomic E-state index is -0.767. The normalized spacial score (nSPS) is 10.5. The first-order chi connectivity index (χ1) is 14.3. The number of amides is 2. The third-order valence-electron chi connectivity index (χ3n) is 4.26. The Bertz CT molecular complexity index is 1070. The Hall–Kier alpha value is -3.75. The van der Waals surface area contributed by atoms with Gasteiger partial charge in [-0.1, -0.05) is 6.07 Å². The van der Waals surface area contributed by atoms with E-state index in [0.29, 0.717) is 5.56 Å². The lowest BCUT2D eigenvalue weighted by atomic mass is 10.2. The second-order valence-electron chi connectivity index (χ2n) is 6.69. The van der Waals surface area contributed by atoms with Crippen molar-refractivity contribution in [3.05, 3.63) is 71.8 Å². The highest BCUT2D eigenvalue weighted by molar-refractivity contribution is 5.96. The Labute approximate surface area is 171 Å². The topological polar surface area (TPSA) is 87.5 Å². The maximum Gasteiger partial charge on any atom is 0.269 e. The lowest BCUT2D eigenvalue weighted by molar-refractivity contribution is -0.121. The Morgan fingerprint density at radius 1 is 1.10 bits per heavy atom. The van der Waals surface area contributed by atoms with Gasteiger partial charge in [0.2, 0.25) is 5.91 Å². The molecule has 0 aliphatic carbocycles. The quantitative estimate of drug-likeness (QED) is 0.606. The van der Waals surface area contributed by atoms with E-state index in [2.05, 4.69) is 15.8 Å². The van der Waals surface area contributed by atoms with Gasteiger partial charge in [-0.25, -0.2) is 13.8 Å². The molecule has 7 nitrogen and oxygen atoms in total. The van der Waals surface area contributed by atoms with Gasteiger partial charge >= 0.3 is 0 Å². The number of nitrogens with zero attached hydrogens (tertiary/aromatic N) is 2. The second kappa shape index (κ2) is 9.17. The van der Waals surface area contributed by atoms with Gasteiger partial charge in [-0.05, 0) is 30.3 Å². The van der Waals surface area contributed by atoms with Crippen LogP contribution in [0.3, 0.4) is 0 Å². The van der Waals surface area contributed by atoms with E-state index in [-0.39, 0.29) is 30.1 Å². The summed E-state index contributed by atoms with van der Waals surface area (Å²) in [5, 5.41) is 0. The number of aromatic nitrogens is 1. The number of aryl methyl sites for hydroxylation is 1. The number of oxazole rings is 1. The molecule has 156 valence electrons. The summed E-state index contributed by atoms with van der Waals surface area (Å²) in [5.41, 5.74) is 6.01. The zero-order valence-electron chi connectivity index (χ0n) is 16.4. The summed E-state index contributed by atoms with van der Waals surface area (Å²) in [7, 11) is 3.72. The van der Waals surface area contributed by atoms with E-state index in [0.717, 1.165) is 17.8 Å². The second-order valence-corrected chi connectivity index (χ2v) is 6.69. The van der Waals surface area contributed by atoms with Crippen molar-refractivity contribution >= 4 is 17.5 Å². The van der Waals surface area contributed by atoms with E-state index in [1.807, 2.05) is 25.1 Å². The van der Waals surface area contributed by atoms with Crippen molar-refractivity contribution in [1.82, 2.24) is 15.8 Å². The molecule has 0 aliphatic rings. The number of halogens is 2. The van der Waals surface area contributed by atoms with Crippen LogP contribution in [0, 0.1) is 11.6 Å². The Morgan fingerprint density at radius 3 is 2.63 bits per heavy atom. The van der Waals surface area contributed by atoms with Gasteiger partial charge in [-0.15, -0.1) is 0 Å². The van der Waals surface area contributed by atoms with Crippen molar-refractivity contribution in [2.75, 3.05) is 19.0 Å². The molecule has 3 aromatic rings. The monoisotopic (exact) mass is 414 g/mol. The van der Waals surface area contributed by atoms with Crippen molar-refractivity contribution in [2.24, 2.45) is 0 Å². The van der Waals surface area contributed by atoms with Crippen molar-refractivity contribution in [3.63, 3.8) is 0 Å². The third kappa shape index (κ3) is 5.19. The molecule has 0 fully saturated rings. The molecular weight excluding hydrogens is 394 g/mol. The molecule has 0 saturated carbocycles. The number of hydrogen-bond donors (Lipinski definition) is 2. The van der Waals surface area contributed by atoms with Crippen molar-refractivity contribution in [3.8, 4) is 11.3 Å². The molecule has 2 amide bonds. The van der Waals surface area contributed by atoms with E-state index in [4.69, 9.17) is 4.42 Å². The van der Waals surface area contributed by atoms with Gasteiger partial charge in [0.1, 0.15) is 11.6 Å². The SMILES string of the molecule is CN(C)c1cccc(C(=O)NNC(=O)CCc2ncc(-c3ccc(F)cc3F)o2)c1. The number of hydrogen-bond acceptors (Lipinski definition) is 5. The standard InChI is InChI=1S/C21H20F2N4O3/c1-27(2)15-5-3-4-13(10-15)21(29)26-25-19(28)8-9-20-24-12-18(30-20)16-7-6-14(22)11-17(16)23/h3-7,10-12H,8-9H2,1-2H3,(H,25,28)(H,26,29). The van der Waals surface area contributed by atoms with Gasteiger partial charge < -0.3 is 9.32 Å². The molecule has 2 N–H and O–H groups in total. The summed E-state index contributed by atoms with van der Waals surface area (Å²) in [6.07, 6.45) is 1.44. The summed E-state index contributed by atoms with van der Waals surface area (Å²) >= 11 is 0. The van der Waals surface area contributed by atoms with Crippen LogP contribution in [0.4, 0.5) is 14.5 Å². The molecule has 30 heavy (non-hydrogen) atoms. The average Bonchev–Trinajstić information content (AvgIpc) is 3.19. The van der Waals surface area contributed by atoms with Crippen LogP contribution in [-0.4, -0.2) is 30.9 Å². The Morgan fingerprint density at radius 2 is 1.90 bits per heavy atom. The van der Waals surface area contributed by atoms with Crippen LogP contribution in [0.5, 0.6) is 0 Å². The van der Waals surface area contributed by atoms with Crippen LogP contribution < -0.4 is 15.8 Å². The molecule has 0 radical (unpaired) electrons. The van der Waals surface area contributed by atoms with Crippen LogP contribution in [0.1, 0.15) is 22.7 Å². The van der Waals surface area contributed by atoms with Gasteiger partial charge in [-0.2, -0.15) is 0 Å². The van der Waals surface area contributed by atoms with Gasteiger partial charge in [0.05, 0.1) is 11.8 Å². The van der Waals surface area contributed by atoms with E-state index < -0.39 is 23.4 Å². The molecule has 1 aromatic heterocycles. The van der Waals surface area contributed by atoms with Crippen molar-refractivity contribution in [2.45, 2.75) is 12.8 Å². The fraction of sp³-hybridized carbons (Fsp3) is 0.190. The number of anilines is 1. The highest BCUT2D eigenvalue weighted by Crippen LogP contribution is 2.24. The molecule has 0 bridgehead atoms. The molecule has 0 atom stereocenters. The molecule has 9 heteroatoms. The Kier molecular flexibility index (Phi) is 6.41. The molecule has 0 unspecified atom stereocenters. The molecule has 3 rings (SSSR count). The Balaban J connectivity index is 1.51. The highest BCUT2D eigenvalue weighted by Gasteiger charge is 2.14. The molecule has 1 heterocycles. The summed E-state index contributed by atoms with van der Waals surface area (Å²) in [6.45, 7) is 0. The fourth-order valence-corrected chi connectivity index (χ4v) is 2.65. The van der Waals surface area contributed by atoms with E-state index in [1.165, 1.54) is 12.3 Å². The summed E-state index contributed by atoms with van der Waals surface area (Å²) in [6, 6.07) is 10.1. The maximum absolute atomic E-state index is 13.8. The molecule has 0 saturated heterocycles. The first-order valence-corrected chi connectivity index (χ1v) is 9.10. The number of hydrazine groups is 1. The zero-order valence-corrected chi connectivity index (χ0v) is 16.4. The first-order valence-electron chi connectivity index (χ1n) is 9.10. The van der Waals surface area contributed by atoms with E-state index in [1.54, 1.807) is 18.2 Å².